The number of nitrogens with one attached hydrogen (secondary N) is 1. The van der Waals surface area contributed by atoms with E-state index in [-0.39, 0.29) is 30.8 Å². The molecule has 1 saturated heterocycles. The fourth-order valence-electron chi connectivity index (χ4n) is 3.48. The molecule has 0 aliphatic carbocycles. The van der Waals surface area contributed by atoms with Gasteiger partial charge in [-0.1, -0.05) is 18.2 Å². The molecule has 0 saturated carbocycles. The maximum atomic E-state index is 12.4. The molecule has 2 amide bonds. The molecule has 1 atom stereocenters. The Kier molecular flexibility index (Phi) is 7.19. The first kappa shape index (κ1) is 20.8. The van der Waals surface area contributed by atoms with Gasteiger partial charge in [-0.15, -0.1) is 0 Å². The van der Waals surface area contributed by atoms with Crippen molar-refractivity contribution >= 4 is 23.2 Å². The molecule has 1 fully saturated rings. The van der Waals surface area contributed by atoms with Crippen LogP contribution in [0.1, 0.15) is 24.8 Å². The van der Waals surface area contributed by atoms with Crippen molar-refractivity contribution in [1.29, 1.82) is 0 Å². The molecule has 29 heavy (non-hydrogen) atoms. The molecule has 7 nitrogen and oxygen atoms in total. The number of benzene rings is 1. The molecule has 2 aromatic rings. The quantitative estimate of drug-likeness (QED) is 0.714. The Bertz CT molecular complexity index is 828. The lowest BCUT2D eigenvalue weighted by atomic mass is 10.1. The van der Waals surface area contributed by atoms with Gasteiger partial charge in [-0.05, 0) is 36.6 Å². The van der Waals surface area contributed by atoms with E-state index in [1.807, 2.05) is 12.1 Å². The summed E-state index contributed by atoms with van der Waals surface area (Å²) in [5.41, 5.74) is 2.92. The summed E-state index contributed by atoms with van der Waals surface area (Å²) in [5.74, 6) is -0.252. The minimum atomic E-state index is -0.273. The van der Waals surface area contributed by atoms with Crippen molar-refractivity contribution in [3.8, 4) is 0 Å². The molecule has 0 unspecified atom stereocenters. The molecule has 0 spiro atoms. The van der Waals surface area contributed by atoms with Gasteiger partial charge >= 0.3 is 0 Å². The molecule has 0 radical (unpaired) electrons. The molecule has 3 rings (SSSR count). The van der Waals surface area contributed by atoms with Crippen LogP contribution in [0.2, 0.25) is 0 Å². The Balaban J connectivity index is 1.46. The Morgan fingerprint density at radius 1 is 1.24 bits per heavy atom. The van der Waals surface area contributed by atoms with Gasteiger partial charge in [0.1, 0.15) is 0 Å². The number of carbonyl (C=O) groups is 2. The van der Waals surface area contributed by atoms with Crippen molar-refractivity contribution in [1.82, 2.24) is 9.88 Å². The molecule has 7 heteroatoms. The van der Waals surface area contributed by atoms with Crippen molar-refractivity contribution < 1.29 is 14.7 Å². The Morgan fingerprint density at radius 3 is 2.79 bits per heavy atom. The van der Waals surface area contributed by atoms with Crippen LogP contribution in [-0.4, -0.2) is 59.6 Å². The summed E-state index contributed by atoms with van der Waals surface area (Å²) in [7, 11) is 1.77. The highest BCUT2D eigenvalue weighted by Gasteiger charge is 2.22. The van der Waals surface area contributed by atoms with Crippen molar-refractivity contribution in [2.24, 2.45) is 0 Å². The van der Waals surface area contributed by atoms with Gasteiger partial charge in [-0.3, -0.25) is 14.6 Å². The van der Waals surface area contributed by atoms with Crippen molar-refractivity contribution in [3.63, 3.8) is 0 Å². The second kappa shape index (κ2) is 10.0. The van der Waals surface area contributed by atoms with Crippen LogP contribution in [0.4, 0.5) is 11.4 Å². The zero-order valence-corrected chi connectivity index (χ0v) is 16.8. The summed E-state index contributed by atoms with van der Waals surface area (Å²) in [6.07, 6.45) is 4.76. The van der Waals surface area contributed by atoms with Gasteiger partial charge in [0.2, 0.25) is 11.8 Å². The summed E-state index contributed by atoms with van der Waals surface area (Å²) in [6, 6.07) is 11.6. The number of nitrogens with zero attached hydrogens (tertiary/aromatic N) is 3. The molecule has 1 aliphatic rings. The minimum absolute atomic E-state index is 0.0552. The van der Waals surface area contributed by atoms with Crippen LogP contribution < -0.4 is 10.2 Å². The highest BCUT2D eigenvalue weighted by molar-refractivity contribution is 5.93. The third kappa shape index (κ3) is 6.02. The highest BCUT2D eigenvalue weighted by Crippen LogP contribution is 2.25. The second-order valence-electron chi connectivity index (χ2n) is 7.37. The van der Waals surface area contributed by atoms with E-state index >= 15 is 0 Å². The molecular weight excluding hydrogens is 368 g/mol. The third-order valence-corrected chi connectivity index (χ3v) is 5.15. The number of para-hydroxylation sites is 1. The van der Waals surface area contributed by atoms with E-state index in [9.17, 15) is 14.7 Å². The lowest BCUT2D eigenvalue weighted by Gasteiger charge is -2.23. The van der Waals surface area contributed by atoms with Crippen molar-refractivity contribution in [2.45, 2.75) is 31.8 Å². The van der Waals surface area contributed by atoms with Gasteiger partial charge in [0.05, 0.1) is 18.0 Å². The molecular formula is C22H28N4O3. The number of hydrogen-bond donors (Lipinski definition) is 2. The van der Waals surface area contributed by atoms with Crippen LogP contribution in [-0.2, 0) is 16.0 Å². The first-order valence-electron chi connectivity index (χ1n) is 9.97. The zero-order valence-electron chi connectivity index (χ0n) is 16.8. The molecule has 2 N–H and O–H groups in total. The SMILES string of the molecule is CN(CCc1ccccc1N1CC[C@H](O)C1)C(=O)CCC(=O)Nc1cccnc1. The predicted octanol–water partition coefficient (Wildman–Crippen LogP) is 2.07. The lowest BCUT2D eigenvalue weighted by molar-refractivity contribution is -0.131. The fraction of sp³-hybridized carbons (Fsp3) is 0.409. The Morgan fingerprint density at radius 2 is 2.07 bits per heavy atom. The molecule has 154 valence electrons. The van der Waals surface area contributed by atoms with E-state index in [0.29, 0.717) is 18.8 Å². The van der Waals surface area contributed by atoms with Crippen LogP contribution in [0.3, 0.4) is 0 Å². The van der Waals surface area contributed by atoms with Gasteiger partial charge in [0.15, 0.2) is 0 Å². The van der Waals surface area contributed by atoms with E-state index < -0.39 is 0 Å². The van der Waals surface area contributed by atoms with Crippen LogP contribution in [0.25, 0.3) is 0 Å². The van der Waals surface area contributed by atoms with Crippen LogP contribution in [0, 0.1) is 0 Å². The largest absolute Gasteiger partial charge is 0.391 e. The Labute approximate surface area is 171 Å². The second-order valence-corrected chi connectivity index (χ2v) is 7.37. The summed E-state index contributed by atoms with van der Waals surface area (Å²) < 4.78 is 0. The lowest BCUT2D eigenvalue weighted by Crippen LogP contribution is -2.30. The normalized spacial score (nSPS) is 15.9. The van der Waals surface area contributed by atoms with Gasteiger partial charge in [-0.25, -0.2) is 0 Å². The maximum Gasteiger partial charge on any atom is 0.224 e. The number of aliphatic hydroxyl groups is 1. The van der Waals surface area contributed by atoms with E-state index in [1.54, 1.807) is 36.5 Å². The van der Waals surface area contributed by atoms with E-state index in [4.69, 9.17) is 0 Å². The topological polar surface area (TPSA) is 85.8 Å². The van der Waals surface area contributed by atoms with Crippen LogP contribution >= 0.6 is 0 Å². The number of aliphatic hydroxyl groups excluding tert-OH is 1. The number of anilines is 2. The fourth-order valence-corrected chi connectivity index (χ4v) is 3.48. The van der Waals surface area contributed by atoms with Gasteiger partial charge in [0.25, 0.3) is 0 Å². The van der Waals surface area contributed by atoms with Crippen LogP contribution in [0.5, 0.6) is 0 Å². The molecule has 0 bridgehead atoms. The number of β-amino-alcohol motifs (C(OH)–C–C–N with tert-alkyl or cyclic N) is 1. The summed E-state index contributed by atoms with van der Waals surface area (Å²) in [5, 5.41) is 12.5. The predicted molar refractivity (Wildman–Crippen MR) is 113 cm³/mol. The number of likely N-dealkylation sites (N-methyl/N-ethyl adjacent to an activating group) is 1. The molecule has 1 aliphatic heterocycles. The average molecular weight is 396 g/mol. The van der Waals surface area contributed by atoms with Crippen molar-refractivity contribution in [3.05, 3.63) is 54.4 Å². The zero-order chi connectivity index (χ0) is 20.6. The number of hydrogen-bond acceptors (Lipinski definition) is 5. The van der Waals surface area contributed by atoms with Gasteiger partial charge in [-0.2, -0.15) is 0 Å². The first-order chi connectivity index (χ1) is 14.0. The standard InChI is InChI=1S/C22H28N4O3/c1-25(22(29)9-8-21(28)24-18-6-4-12-23-15-18)13-10-17-5-2-3-7-20(17)26-14-11-19(27)16-26/h2-7,12,15,19,27H,8-11,13-14,16H2,1H3,(H,24,28)/t19-/m0/s1. The number of pyridine rings is 1. The number of rotatable bonds is 8. The van der Waals surface area contributed by atoms with E-state index in [2.05, 4.69) is 27.3 Å². The monoisotopic (exact) mass is 396 g/mol. The van der Waals surface area contributed by atoms with Gasteiger partial charge in [0, 0.05) is 51.4 Å². The number of aromatic nitrogens is 1. The summed E-state index contributed by atoms with van der Waals surface area (Å²) in [6.45, 7) is 2.08. The molecule has 1 aromatic heterocycles. The van der Waals surface area contributed by atoms with Gasteiger partial charge < -0.3 is 20.2 Å². The first-order valence-corrected chi connectivity index (χ1v) is 9.97. The summed E-state index contributed by atoms with van der Waals surface area (Å²) >= 11 is 0. The average Bonchev–Trinajstić information content (AvgIpc) is 3.17. The minimum Gasteiger partial charge on any atom is -0.391 e. The third-order valence-electron chi connectivity index (χ3n) is 5.15. The van der Waals surface area contributed by atoms with Crippen LogP contribution in [0.15, 0.2) is 48.8 Å². The maximum absolute atomic E-state index is 12.4. The van der Waals surface area contributed by atoms with E-state index in [1.165, 1.54) is 0 Å². The smallest absolute Gasteiger partial charge is 0.224 e. The number of amides is 2. The highest BCUT2D eigenvalue weighted by atomic mass is 16.3. The Hall–Kier alpha value is -2.93. The summed E-state index contributed by atoms with van der Waals surface area (Å²) in [4.78, 5) is 32.2. The van der Waals surface area contributed by atoms with Crippen molar-refractivity contribution in [2.75, 3.05) is 36.9 Å². The number of carbonyl (C=O) groups excluding carboxylic acids is 2. The molecule has 1 aromatic carbocycles. The van der Waals surface area contributed by atoms with E-state index in [0.717, 1.165) is 30.6 Å². The molecule has 2 heterocycles.